The highest BCUT2D eigenvalue weighted by atomic mass is 16.3. The van der Waals surface area contributed by atoms with Crippen molar-refractivity contribution in [3.8, 4) is 5.69 Å². The van der Waals surface area contributed by atoms with Gasteiger partial charge in [-0.05, 0) is 65.9 Å². The van der Waals surface area contributed by atoms with Gasteiger partial charge in [-0.25, -0.2) is 4.98 Å². The molecule has 3 aromatic carbocycles. The minimum absolute atomic E-state index is 0.0540. The second kappa shape index (κ2) is 13.4. The average Bonchev–Trinajstić information content (AvgIpc) is 3.59. The average molecular weight is 572 g/mol. The molecule has 0 unspecified atom stereocenters. The van der Waals surface area contributed by atoms with Crippen molar-refractivity contribution >= 4 is 11.4 Å². The molecule has 7 heteroatoms. The van der Waals surface area contributed by atoms with Crippen molar-refractivity contribution in [2.75, 3.05) is 37.6 Å². The SMILES string of the molecule is O=c1c(C(O)=CCCN2CCN(c3ccc(-n4ccnc4)cc3)CC2)cc(Cc2ccccc2)cn1Cc1ccccc1. The number of hydrogen-bond acceptors (Lipinski definition) is 5. The number of nitrogens with zero attached hydrogens (tertiary/aromatic N) is 5. The molecule has 5 aromatic rings. The van der Waals surface area contributed by atoms with E-state index in [1.54, 1.807) is 16.8 Å². The maximum atomic E-state index is 13.5. The van der Waals surface area contributed by atoms with Gasteiger partial charge in [-0.3, -0.25) is 9.69 Å². The Kier molecular flexibility index (Phi) is 8.80. The molecule has 0 bridgehead atoms. The minimum atomic E-state index is -0.179. The van der Waals surface area contributed by atoms with Crippen molar-refractivity contribution in [2.24, 2.45) is 0 Å². The number of piperazine rings is 1. The van der Waals surface area contributed by atoms with Crippen molar-refractivity contribution in [3.05, 3.63) is 155 Å². The minimum Gasteiger partial charge on any atom is -0.507 e. The molecule has 43 heavy (non-hydrogen) atoms. The molecule has 1 aliphatic rings. The van der Waals surface area contributed by atoms with E-state index in [1.165, 1.54) is 5.69 Å². The molecule has 6 rings (SSSR count). The van der Waals surface area contributed by atoms with Crippen LogP contribution in [0.4, 0.5) is 5.69 Å². The van der Waals surface area contributed by atoms with E-state index >= 15 is 0 Å². The van der Waals surface area contributed by atoms with Gasteiger partial charge in [-0.15, -0.1) is 0 Å². The third-order valence-corrected chi connectivity index (χ3v) is 8.04. The summed E-state index contributed by atoms with van der Waals surface area (Å²) in [4.78, 5) is 22.4. The highest BCUT2D eigenvalue weighted by molar-refractivity contribution is 5.58. The molecule has 7 nitrogen and oxygen atoms in total. The summed E-state index contributed by atoms with van der Waals surface area (Å²) >= 11 is 0. The molecule has 1 saturated heterocycles. The zero-order valence-corrected chi connectivity index (χ0v) is 24.3. The third kappa shape index (κ3) is 7.13. The maximum Gasteiger partial charge on any atom is 0.261 e. The standard InChI is InChI=1S/C36H37N5O2/c42-35(12-7-18-38-20-22-39(23-21-38)32-13-15-33(16-14-32)40-19-17-37-28-40)34-25-31(24-29-8-3-1-4-9-29)27-41(36(34)43)26-30-10-5-2-6-11-30/h1-6,8-17,19,25,27-28,42H,7,18,20-24,26H2. The topological polar surface area (TPSA) is 66.5 Å². The summed E-state index contributed by atoms with van der Waals surface area (Å²) in [5.74, 6) is 0.0540. The fourth-order valence-corrected chi connectivity index (χ4v) is 5.68. The summed E-state index contributed by atoms with van der Waals surface area (Å²) in [6.45, 7) is 5.10. The van der Waals surface area contributed by atoms with Crippen molar-refractivity contribution in [1.82, 2.24) is 19.0 Å². The molecule has 2 aromatic heterocycles. The third-order valence-electron chi connectivity index (χ3n) is 8.04. The second-order valence-electron chi connectivity index (χ2n) is 11.0. The van der Waals surface area contributed by atoms with Crippen LogP contribution in [0.3, 0.4) is 0 Å². The molecular formula is C36H37N5O2. The summed E-state index contributed by atoms with van der Waals surface area (Å²) in [6.07, 6.45) is 10.6. The summed E-state index contributed by atoms with van der Waals surface area (Å²) in [6, 6.07) is 30.6. The van der Waals surface area contributed by atoms with E-state index in [4.69, 9.17) is 0 Å². The highest BCUT2D eigenvalue weighted by Gasteiger charge is 2.17. The first-order valence-electron chi connectivity index (χ1n) is 14.9. The van der Waals surface area contributed by atoms with E-state index in [2.05, 4.69) is 51.2 Å². The van der Waals surface area contributed by atoms with Crippen LogP contribution in [-0.4, -0.2) is 56.8 Å². The quantitative estimate of drug-likeness (QED) is 0.215. The van der Waals surface area contributed by atoms with E-state index < -0.39 is 0 Å². The van der Waals surface area contributed by atoms with Crippen LogP contribution in [0.5, 0.6) is 0 Å². The van der Waals surface area contributed by atoms with E-state index in [-0.39, 0.29) is 11.3 Å². The Morgan fingerprint density at radius 3 is 2.16 bits per heavy atom. The van der Waals surface area contributed by atoms with Crippen molar-refractivity contribution in [1.29, 1.82) is 0 Å². The summed E-state index contributed by atoms with van der Waals surface area (Å²) in [7, 11) is 0. The Labute approximate surface area is 252 Å². The maximum absolute atomic E-state index is 13.5. The monoisotopic (exact) mass is 571 g/mol. The van der Waals surface area contributed by atoms with Crippen LogP contribution in [0, 0.1) is 0 Å². The van der Waals surface area contributed by atoms with Crippen LogP contribution >= 0.6 is 0 Å². The molecule has 0 spiro atoms. The van der Waals surface area contributed by atoms with Gasteiger partial charge in [0.05, 0.1) is 18.4 Å². The van der Waals surface area contributed by atoms with Gasteiger partial charge in [-0.2, -0.15) is 0 Å². The molecule has 0 aliphatic carbocycles. The fourth-order valence-electron chi connectivity index (χ4n) is 5.68. The number of aliphatic hydroxyl groups is 1. The van der Waals surface area contributed by atoms with Crippen LogP contribution in [0.2, 0.25) is 0 Å². The predicted octanol–water partition coefficient (Wildman–Crippen LogP) is 5.78. The van der Waals surface area contributed by atoms with Gasteiger partial charge in [0.15, 0.2) is 0 Å². The second-order valence-corrected chi connectivity index (χ2v) is 11.0. The molecule has 1 fully saturated rings. The number of aromatic nitrogens is 3. The smallest absolute Gasteiger partial charge is 0.261 e. The fraction of sp³-hybridized carbons (Fsp3) is 0.222. The van der Waals surface area contributed by atoms with Crippen LogP contribution in [-0.2, 0) is 13.0 Å². The Balaban J connectivity index is 1.10. The Morgan fingerprint density at radius 2 is 1.49 bits per heavy atom. The molecule has 1 aliphatic heterocycles. The number of hydrogen-bond donors (Lipinski definition) is 1. The Morgan fingerprint density at radius 1 is 0.814 bits per heavy atom. The first-order valence-corrected chi connectivity index (χ1v) is 14.9. The molecule has 0 radical (unpaired) electrons. The number of rotatable bonds is 10. The molecule has 0 saturated carbocycles. The molecule has 218 valence electrons. The number of aliphatic hydroxyl groups excluding tert-OH is 1. The van der Waals surface area contributed by atoms with E-state index in [0.717, 1.165) is 55.1 Å². The van der Waals surface area contributed by atoms with Gasteiger partial charge >= 0.3 is 0 Å². The highest BCUT2D eigenvalue weighted by Crippen LogP contribution is 2.20. The lowest BCUT2D eigenvalue weighted by Gasteiger charge is -2.36. The van der Waals surface area contributed by atoms with E-state index in [0.29, 0.717) is 24.9 Å². The van der Waals surface area contributed by atoms with Crippen molar-refractivity contribution in [3.63, 3.8) is 0 Å². The first-order chi connectivity index (χ1) is 21.1. The first kappa shape index (κ1) is 28.2. The van der Waals surface area contributed by atoms with Gasteiger partial charge in [0.2, 0.25) is 0 Å². The number of benzene rings is 3. The van der Waals surface area contributed by atoms with E-state index in [9.17, 15) is 9.90 Å². The lowest BCUT2D eigenvalue weighted by molar-refractivity contribution is 0.262. The molecule has 3 heterocycles. The molecule has 0 amide bonds. The molecular weight excluding hydrogens is 534 g/mol. The Bertz CT molecular complexity index is 1690. The summed E-state index contributed by atoms with van der Waals surface area (Å²) < 4.78 is 3.72. The van der Waals surface area contributed by atoms with Gasteiger partial charge in [-0.1, -0.05) is 60.7 Å². The van der Waals surface area contributed by atoms with Crippen LogP contribution in [0.15, 0.2) is 127 Å². The number of anilines is 1. The van der Waals surface area contributed by atoms with Gasteiger partial charge < -0.3 is 19.1 Å². The molecule has 0 atom stereocenters. The lowest BCUT2D eigenvalue weighted by atomic mass is 10.0. The number of imidazole rings is 1. The Hall–Kier alpha value is -4.88. The summed E-state index contributed by atoms with van der Waals surface area (Å²) in [5, 5.41) is 11.1. The number of pyridine rings is 1. The van der Waals surface area contributed by atoms with Gasteiger partial charge in [0, 0.05) is 62.7 Å². The summed E-state index contributed by atoms with van der Waals surface area (Å²) in [5.41, 5.74) is 5.70. The van der Waals surface area contributed by atoms with Crippen molar-refractivity contribution in [2.45, 2.75) is 19.4 Å². The normalized spacial score (nSPS) is 14.2. The predicted molar refractivity (Wildman–Crippen MR) is 173 cm³/mol. The van der Waals surface area contributed by atoms with E-state index in [1.807, 2.05) is 77.9 Å². The lowest BCUT2D eigenvalue weighted by Crippen LogP contribution is -2.46. The zero-order chi connectivity index (χ0) is 29.4. The van der Waals surface area contributed by atoms with Gasteiger partial charge in [0.25, 0.3) is 5.56 Å². The van der Waals surface area contributed by atoms with Crippen LogP contribution < -0.4 is 10.5 Å². The van der Waals surface area contributed by atoms with Crippen molar-refractivity contribution < 1.29 is 5.11 Å². The van der Waals surface area contributed by atoms with Crippen LogP contribution in [0.1, 0.15) is 28.7 Å². The zero-order valence-electron chi connectivity index (χ0n) is 24.3. The van der Waals surface area contributed by atoms with Gasteiger partial charge in [0.1, 0.15) is 5.76 Å². The molecule has 1 N–H and O–H groups in total. The van der Waals surface area contributed by atoms with Crippen LogP contribution in [0.25, 0.3) is 11.4 Å². The largest absolute Gasteiger partial charge is 0.507 e.